The molecule has 0 spiro atoms. The molecule has 6 N–H and O–H groups in total. The molecule has 16 heavy (non-hydrogen) atoms. The Morgan fingerprint density at radius 1 is 1.50 bits per heavy atom. The smallest absolute Gasteiger partial charge is 0.205 e. The largest absolute Gasteiger partial charge is 0.490 e. The molecule has 90 valence electrons. The van der Waals surface area contributed by atoms with Gasteiger partial charge in [-0.1, -0.05) is 0 Å². The van der Waals surface area contributed by atoms with E-state index in [0.717, 1.165) is 0 Å². The highest BCUT2D eigenvalue weighted by atomic mass is 16.5. The molecule has 1 rings (SSSR count). The van der Waals surface area contributed by atoms with Gasteiger partial charge in [0.15, 0.2) is 11.6 Å². The van der Waals surface area contributed by atoms with E-state index >= 15 is 0 Å². The zero-order chi connectivity index (χ0) is 12.0. The fourth-order valence-corrected chi connectivity index (χ4v) is 1.07. The predicted molar refractivity (Wildman–Crippen MR) is 58.0 cm³/mol. The van der Waals surface area contributed by atoms with E-state index < -0.39 is 6.10 Å². The van der Waals surface area contributed by atoms with Crippen LogP contribution in [0.3, 0.4) is 0 Å². The fraction of sp³-hybridized carbons (Fsp3) is 0.500. The predicted octanol–water partition coefficient (Wildman–Crippen LogP) is -1.46. The van der Waals surface area contributed by atoms with Gasteiger partial charge in [-0.05, 0) is 0 Å². The third-order valence-electron chi connectivity index (χ3n) is 1.86. The second-order valence-electron chi connectivity index (χ2n) is 2.97. The monoisotopic (exact) mass is 229 g/mol. The topological polar surface area (TPSA) is 126 Å². The maximum Gasteiger partial charge on any atom is 0.205 e. The van der Waals surface area contributed by atoms with Crippen molar-refractivity contribution in [3.05, 3.63) is 6.33 Å². The van der Waals surface area contributed by atoms with Crippen LogP contribution in [0.2, 0.25) is 0 Å². The van der Waals surface area contributed by atoms with Gasteiger partial charge in [0.05, 0.1) is 19.8 Å². The quantitative estimate of drug-likeness (QED) is 0.296. The van der Waals surface area contributed by atoms with Crippen LogP contribution in [0.4, 0.5) is 11.6 Å². The number of hydrogen-bond acceptors (Lipinski definition) is 8. The van der Waals surface area contributed by atoms with Gasteiger partial charge in [0.1, 0.15) is 6.33 Å². The number of hydrogen-bond donors (Lipinski definition) is 5. The van der Waals surface area contributed by atoms with Gasteiger partial charge in [0, 0.05) is 6.54 Å². The number of nitrogen functional groups attached to an aromatic ring is 1. The number of aliphatic hydroxyl groups is 2. The lowest BCUT2D eigenvalue weighted by Crippen LogP contribution is -2.24. The summed E-state index contributed by atoms with van der Waals surface area (Å²) in [4.78, 5) is 7.78. The first-order valence-corrected chi connectivity index (χ1v) is 4.61. The molecule has 8 heteroatoms. The van der Waals surface area contributed by atoms with Gasteiger partial charge >= 0.3 is 0 Å². The molecular formula is C8H15N5O3. The number of hydrazine groups is 1. The Hall–Kier alpha value is -1.64. The molecule has 1 heterocycles. The van der Waals surface area contributed by atoms with Crippen LogP contribution in [0.5, 0.6) is 5.75 Å². The molecular weight excluding hydrogens is 214 g/mol. The minimum atomic E-state index is -0.867. The lowest BCUT2D eigenvalue weighted by Gasteiger charge is -2.13. The lowest BCUT2D eigenvalue weighted by atomic mass is 10.3. The molecule has 1 atom stereocenters. The molecule has 0 aromatic carbocycles. The molecule has 0 saturated heterocycles. The summed E-state index contributed by atoms with van der Waals surface area (Å²) in [6.07, 6.45) is 0.430. The van der Waals surface area contributed by atoms with Crippen molar-refractivity contribution >= 4 is 11.6 Å². The number of rotatable bonds is 6. The molecule has 0 aliphatic heterocycles. The first-order valence-electron chi connectivity index (χ1n) is 4.61. The first-order chi connectivity index (χ1) is 7.72. The molecule has 1 unspecified atom stereocenters. The van der Waals surface area contributed by atoms with E-state index in [0.29, 0.717) is 17.4 Å². The number of methoxy groups -OCH3 is 1. The van der Waals surface area contributed by atoms with Crippen LogP contribution in [0.1, 0.15) is 0 Å². The lowest BCUT2D eigenvalue weighted by molar-refractivity contribution is 0.105. The Bertz CT molecular complexity index is 335. The Morgan fingerprint density at radius 3 is 2.75 bits per heavy atom. The van der Waals surface area contributed by atoms with Gasteiger partial charge in [0.2, 0.25) is 5.75 Å². The van der Waals surface area contributed by atoms with Gasteiger partial charge in [-0.3, -0.25) is 0 Å². The highest BCUT2D eigenvalue weighted by Crippen LogP contribution is 2.27. The van der Waals surface area contributed by atoms with Gasteiger partial charge in [-0.2, -0.15) is 0 Å². The van der Waals surface area contributed by atoms with Crippen LogP contribution in [0.25, 0.3) is 0 Å². The summed E-state index contributed by atoms with van der Waals surface area (Å²) in [5.41, 5.74) is 2.36. The molecule has 0 amide bonds. The maximum atomic E-state index is 9.17. The summed E-state index contributed by atoms with van der Waals surface area (Å²) >= 11 is 0. The summed E-state index contributed by atoms with van der Waals surface area (Å²) in [7, 11) is 1.45. The van der Waals surface area contributed by atoms with Gasteiger partial charge in [-0.15, -0.1) is 0 Å². The number of aromatic nitrogens is 2. The number of aliphatic hydroxyl groups excluding tert-OH is 2. The standard InChI is InChI=1S/C8H15N5O3/c1-16-6-7(10-2-5(15)3-14)11-4-12-8(6)13-9/h4-5,14-15H,2-3,9H2,1H3,(H2,10,11,12,13). The van der Waals surface area contributed by atoms with Crippen molar-refractivity contribution in [2.24, 2.45) is 5.84 Å². The average molecular weight is 229 g/mol. The van der Waals surface area contributed by atoms with Crippen LogP contribution >= 0.6 is 0 Å². The minimum absolute atomic E-state index is 0.147. The van der Waals surface area contributed by atoms with E-state index in [4.69, 9.17) is 15.7 Å². The Morgan fingerprint density at radius 2 is 2.19 bits per heavy atom. The van der Waals surface area contributed by atoms with Crippen molar-refractivity contribution < 1.29 is 14.9 Å². The number of nitrogens with zero attached hydrogens (tertiary/aromatic N) is 2. The third kappa shape index (κ3) is 2.92. The maximum absolute atomic E-state index is 9.17. The molecule has 8 nitrogen and oxygen atoms in total. The van der Waals surface area contributed by atoms with E-state index in [1.165, 1.54) is 13.4 Å². The van der Waals surface area contributed by atoms with Crippen molar-refractivity contribution in [2.45, 2.75) is 6.10 Å². The van der Waals surface area contributed by atoms with Crippen molar-refractivity contribution in [3.8, 4) is 5.75 Å². The van der Waals surface area contributed by atoms with Crippen molar-refractivity contribution in [1.82, 2.24) is 9.97 Å². The molecule has 1 aromatic rings. The first kappa shape index (κ1) is 12.4. The zero-order valence-corrected chi connectivity index (χ0v) is 8.84. The van der Waals surface area contributed by atoms with E-state index in [1.54, 1.807) is 0 Å². The van der Waals surface area contributed by atoms with Crippen molar-refractivity contribution in [1.29, 1.82) is 0 Å². The summed E-state index contributed by atoms with van der Waals surface area (Å²) < 4.78 is 5.06. The number of nitrogens with two attached hydrogens (primary N) is 1. The van der Waals surface area contributed by atoms with Crippen LogP contribution in [0.15, 0.2) is 6.33 Å². The van der Waals surface area contributed by atoms with Crippen LogP contribution in [-0.2, 0) is 0 Å². The van der Waals surface area contributed by atoms with Crippen LogP contribution < -0.4 is 21.3 Å². The molecule has 0 bridgehead atoms. The SMILES string of the molecule is COc1c(NN)ncnc1NCC(O)CO. The van der Waals surface area contributed by atoms with E-state index in [1.807, 2.05) is 0 Å². The van der Waals surface area contributed by atoms with Gasteiger partial charge in [-0.25, -0.2) is 15.8 Å². The Labute approximate surface area is 92.4 Å². The second-order valence-corrected chi connectivity index (χ2v) is 2.97. The number of anilines is 2. The van der Waals surface area contributed by atoms with E-state index in [2.05, 4.69) is 20.7 Å². The van der Waals surface area contributed by atoms with Gasteiger partial charge < -0.3 is 25.7 Å². The Kier molecular flexibility index (Phi) is 4.70. The summed E-state index contributed by atoms with van der Waals surface area (Å²) in [5.74, 6) is 6.30. The van der Waals surface area contributed by atoms with Crippen LogP contribution in [0, 0.1) is 0 Å². The number of nitrogens with one attached hydrogen (secondary N) is 2. The summed E-state index contributed by atoms with van der Waals surface area (Å²) in [5, 5.41) is 20.6. The second kappa shape index (κ2) is 6.05. The molecule has 1 aromatic heterocycles. The zero-order valence-electron chi connectivity index (χ0n) is 8.84. The minimum Gasteiger partial charge on any atom is -0.490 e. The van der Waals surface area contributed by atoms with E-state index in [9.17, 15) is 5.11 Å². The molecule has 0 radical (unpaired) electrons. The van der Waals surface area contributed by atoms with Crippen molar-refractivity contribution in [3.63, 3.8) is 0 Å². The average Bonchev–Trinajstić information content (AvgIpc) is 2.34. The highest BCUT2D eigenvalue weighted by Gasteiger charge is 2.11. The Balaban J connectivity index is 2.78. The van der Waals surface area contributed by atoms with Gasteiger partial charge in [0.25, 0.3) is 0 Å². The summed E-state index contributed by atoms with van der Waals surface area (Å²) in [6, 6.07) is 0. The van der Waals surface area contributed by atoms with E-state index in [-0.39, 0.29) is 13.2 Å². The normalized spacial score (nSPS) is 12.0. The highest BCUT2D eigenvalue weighted by molar-refractivity contribution is 5.62. The molecule has 0 fully saturated rings. The molecule has 0 saturated carbocycles. The third-order valence-corrected chi connectivity index (χ3v) is 1.86. The molecule has 0 aliphatic rings. The van der Waals surface area contributed by atoms with Crippen LogP contribution in [-0.4, -0.2) is 46.5 Å². The fourth-order valence-electron chi connectivity index (χ4n) is 1.07. The molecule has 0 aliphatic carbocycles. The van der Waals surface area contributed by atoms with Crippen molar-refractivity contribution in [2.75, 3.05) is 31.0 Å². The number of ether oxygens (including phenoxy) is 1. The summed E-state index contributed by atoms with van der Waals surface area (Å²) in [6.45, 7) is -0.184.